The second-order valence-electron chi connectivity index (χ2n) is 4.97. The number of nitrogens with one attached hydrogen (secondary N) is 1. The van der Waals surface area contributed by atoms with Gasteiger partial charge in [-0.2, -0.15) is 5.26 Å². The third kappa shape index (κ3) is 5.25. The zero-order valence-electron chi connectivity index (χ0n) is 11.9. The Hall–Kier alpha value is -0.380. The van der Waals surface area contributed by atoms with Gasteiger partial charge in [0.2, 0.25) is 10.1 Å². The van der Waals surface area contributed by atoms with Gasteiger partial charge in [-0.3, -0.25) is 4.79 Å². The van der Waals surface area contributed by atoms with Gasteiger partial charge in [0.1, 0.15) is 6.07 Å². The molecule has 0 aromatic heterocycles. The van der Waals surface area contributed by atoms with Gasteiger partial charge in [0.15, 0.2) is 0 Å². The summed E-state index contributed by atoms with van der Waals surface area (Å²) in [5.41, 5.74) is 0. The number of nitrogens with zero attached hydrogens (tertiary/aromatic N) is 2. The van der Waals surface area contributed by atoms with Crippen LogP contribution in [0.5, 0.6) is 0 Å². The van der Waals surface area contributed by atoms with Crippen molar-refractivity contribution in [1.82, 2.24) is 10.2 Å². The molecule has 4 nitrogen and oxygen atoms in total. The van der Waals surface area contributed by atoms with E-state index in [4.69, 9.17) is 0 Å². The van der Waals surface area contributed by atoms with Gasteiger partial charge in [0.05, 0.1) is 0 Å². The van der Waals surface area contributed by atoms with Crippen LogP contribution >= 0.6 is 23.5 Å². The Morgan fingerprint density at radius 3 is 2.53 bits per heavy atom. The number of thioether (sulfide) groups is 2. The molecular formula is C13H23N3OS2. The fourth-order valence-corrected chi connectivity index (χ4v) is 4.84. The maximum Gasteiger partial charge on any atom is 0.222 e. The maximum absolute atomic E-state index is 11.9. The summed E-state index contributed by atoms with van der Waals surface area (Å²) < 4.78 is -0.782. The van der Waals surface area contributed by atoms with Crippen molar-refractivity contribution in [1.29, 1.82) is 5.26 Å². The van der Waals surface area contributed by atoms with E-state index in [1.54, 1.807) is 23.5 Å². The van der Waals surface area contributed by atoms with Crippen molar-refractivity contribution >= 4 is 29.4 Å². The van der Waals surface area contributed by atoms with E-state index in [2.05, 4.69) is 37.3 Å². The molecule has 0 radical (unpaired) electrons. The summed E-state index contributed by atoms with van der Waals surface area (Å²) in [6.45, 7) is 2.11. The molecule has 1 saturated heterocycles. The Bertz CT molecular complexity index is 333. The minimum absolute atomic E-state index is 0.00157. The summed E-state index contributed by atoms with van der Waals surface area (Å²) in [6.07, 6.45) is 3.59. The lowest BCUT2D eigenvalue weighted by molar-refractivity contribution is -0.121. The zero-order valence-corrected chi connectivity index (χ0v) is 13.6. The number of hydrogen-bond acceptors (Lipinski definition) is 5. The van der Waals surface area contributed by atoms with E-state index >= 15 is 0 Å². The third-order valence-corrected chi connectivity index (χ3v) is 6.16. The average molecular weight is 301 g/mol. The van der Waals surface area contributed by atoms with Gasteiger partial charge in [-0.1, -0.05) is 19.8 Å². The van der Waals surface area contributed by atoms with Gasteiger partial charge >= 0.3 is 0 Å². The first-order valence-corrected chi connectivity index (χ1v) is 8.66. The number of rotatable bonds is 6. The highest BCUT2D eigenvalue weighted by atomic mass is 32.2. The van der Waals surface area contributed by atoms with E-state index in [1.165, 1.54) is 0 Å². The van der Waals surface area contributed by atoms with Gasteiger partial charge in [0, 0.05) is 24.0 Å². The molecule has 0 unspecified atom stereocenters. The van der Waals surface area contributed by atoms with Crippen molar-refractivity contribution in [3.8, 4) is 6.07 Å². The molecule has 0 aliphatic carbocycles. The van der Waals surface area contributed by atoms with Gasteiger partial charge in [0.25, 0.3) is 0 Å². The summed E-state index contributed by atoms with van der Waals surface area (Å²) in [6, 6.07) is 2.74. The minimum Gasteiger partial charge on any atom is -0.321 e. The highest BCUT2D eigenvalue weighted by molar-refractivity contribution is 8.19. The van der Waals surface area contributed by atoms with Crippen molar-refractivity contribution in [3.05, 3.63) is 0 Å². The van der Waals surface area contributed by atoms with Crippen LogP contribution in [0.2, 0.25) is 0 Å². The summed E-state index contributed by atoms with van der Waals surface area (Å²) in [5, 5.41) is 12.3. The van der Waals surface area contributed by atoms with Crippen molar-refractivity contribution in [2.75, 3.05) is 25.6 Å². The van der Waals surface area contributed by atoms with E-state index in [0.29, 0.717) is 12.5 Å². The summed E-state index contributed by atoms with van der Waals surface area (Å²) in [4.78, 5) is 14.0. The second kappa shape index (κ2) is 8.03. The van der Waals surface area contributed by atoms with E-state index in [-0.39, 0.29) is 5.91 Å². The lowest BCUT2D eigenvalue weighted by Gasteiger charge is -2.36. The van der Waals surface area contributed by atoms with Crippen LogP contribution in [-0.4, -0.2) is 46.7 Å². The fraction of sp³-hybridized carbons (Fsp3) is 0.846. The molecule has 0 saturated carbocycles. The number of carbonyl (C=O) groups is 1. The SMILES string of the molecule is CCCCCC(=O)NC1(C#N)SCC(N(C)C)CS1. The molecule has 6 heteroatoms. The predicted molar refractivity (Wildman–Crippen MR) is 83.0 cm³/mol. The molecule has 1 aliphatic rings. The van der Waals surface area contributed by atoms with Crippen LogP contribution in [0.4, 0.5) is 0 Å². The Balaban J connectivity index is 2.45. The van der Waals surface area contributed by atoms with Crippen LogP contribution in [0.3, 0.4) is 0 Å². The molecule has 0 aromatic carbocycles. The molecule has 1 fully saturated rings. The lowest BCUT2D eigenvalue weighted by Crippen LogP contribution is -2.48. The first-order valence-electron chi connectivity index (χ1n) is 6.69. The van der Waals surface area contributed by atoms with E-state index in [1.807, 2.05) is 0 Å². The largest absolute Gasteiger partial charge is 0.321 e. The number of hydrogen-bond donors (Lipinski definition) is 1. The first-order chi connectivity index (χ1) is 9.03. The molecule has 0 aromatic rings. The van der Waals surface area contributed by atoms with Crippen molar-refractivity contribution in [3.63, 3.8) is 0 Å². The third-order valence-electron chi connectivity index (χ3n) is 3.15. The molecule has 19 heavy (non-hydrogen) atoms. The van der Waals surface area contributed by atoms with Crippen LogP contribution in [0, 0.1) is 11.3 Å². The molecule has 1 heterocycles. The normalized spacial score (nSPS) is 27.0. The molecular weight excluding hydrogens is 278 g/mol. The minimum atomic E-state index is -0.782. The topological polar surface area (TPSA) is 56.1 Å². The molecule has 1 rings (SSSR count). The van der Waals surface area contributed by atoms with E-state index in [0.717, 1.165) is 30.8 Å². The van der Waals surface area contributed by atoms with Gasteiger partial charge < -0.3 is 10.2 Å². The second-order valence-corrected chi connectivity index (χ2v) is 7.70. The quantitative estimate of drug-likeness (QED) is 0.763. The molecule has 0 spiro atoms. The van der Waals surface area contributed by atoms with Crippen LogP contribution < -0.4 is 5.32 Å². The summed E-state index contributed by atoms with van der Waals surface area (Å²) in [7, 11) is 4.10. The Labute approximate surface area is 124 Å². The van der Waals surface area contributed by atoms with Crippen LogP contribution in [0.15, 0.2) is 0 Å². The Morgan fingerprint density at radius 1 is 1.42 bits per heavy atom. The first kappa shape index (κ1) is 16.7. The van der Waals surface area contributed by atoms with Crippen LogP contribution in [0.1, 0.15) is 32.6 Å². The smallest absolute Gasteiger partial charge is 0.222 e. The molecule has 1 amide bonds. The average Bonchev–Trinajstić information content (AvgIpc) is 2.39. The number of amides is 1. The Morgan fingerprint density at radius 2 is 2.05 bits per heavy atom. The number of nitriles is 1. The lowest BCUT2D eigenvalue weighted by atomic mass is 10.2. The van der Waals surface area contributed by atoms with Gasteiger partial charge in [-0.15, -0.1) is 23.5 Å². The summed E-state index contributed by atoms with van der Waals surface area (Å²) in [5.74, 6) is 1.75. The number of carbonyl (C=O) groups excluding carboxylic acids is 1. The van der Waals surface area contributed by atoms with Gasteiger partial charge in [-0.05, 0) is 20.5 Å². The fourth-order valence-electron chi connectivity index (χ4n) is 1.76. The molecule has 1 aliphatic heterocycles. The number of unbranched alkanes of at least 4 members (excludes halogenated alkanes) is 2. The molecule has 108 valence electrons. The highest BCUT2D eigenvalue weighted by Crippen LogP contribution is 2.40. The molecule has 0 atom stereocenters. The summed E-state index contributed by atoms with van der Waals surface area (Å²) >= 11 is 3.09. The van der Waals surface area contributed by atoms with E-state index < -0.39 is 4.20 Å². The predicted octanol–water partition coefficient (Wildman–Crippen LogP) is 2.27. The maximum atomic E-state index is 11.9. The van der Waals surface area contributed by atoms with Crippen LogP contribution in [-0.2, 0) is 4.79 Å². The monoisotopic (exact) mass is 301 g/mol. The molecule has 0 bridgehead atoms. The highest BCUT2D eigenvalue weighted by Gasteiger charge is 2.39. The van der Waals surface area contributed by atoms with Crippen molar-refractivity contribution < 1.29 is 4.79 Å². The Kier molecular flexibility index (Phi) is 7.05. The van der Waals surface area contributed by atoms with Crippen molar-refractivity contribution in [2.45, 2.75) is 42.9 Å². The molecule has 1 N–H and O–H groups in total. The van der Waals surface area contributed by atoms with Crippen LogP contribution in [0.25, 0.3) is 0 Å². The van der Waals surface area contributed by atoms with Crippen molar-refractivity contribution in [2.24, 2.45) is 0 Å². The van der Waals surface area contributed by atoms with E-state index in [9.17, 15) is 10.1 Å². The standard InChI is InChI=1S/C13H23N3OS2/c1-4-5-6-7-12(17)15-13(10-14)18-8-11(9-19-13)16(2)3/h11H,4-9H2,1-3H3,(H,15,17). The zero-order chi connectivity index (χ0) is 14.3. The van der Waals surface area contributed by atoms with Gasteiger partial charge in [-0.25, -0.2) is 0 Å².